The van der Waals surface area contributed by atoms with Crippen molar-refractivity contribution in [3.05, 3.63) is 63.3 Å². The second-order valence-corrected chi connectivity index (χ2v) is 9.15. The standard InChI is InChI=1S/C26H26BrN5O6S/c1-4-36-25(34)22-15(2)30-26(39)31-23(22)17-7-5-6-8-19(17)38-14-21(33)32-29-13-16-11-18(27)24(37-10-9-28)20(12-16)35-3/h5-8,11-13,23H,4,10,14H2,1-3H3,(H,32,33)(H2,30,31,39)/t23-/m1/s1. The van der Waals surface area contributed by atoms with E-state index >= 15 is 0 Å². The summed E-state index contributed by atoms with van der Waals surface area (Å²) in [6.45, 7) is 3.21. The number of hydrogen-bond donors (Lipinski definition) is 3. The minimum atomic E-state index is -0.636. The van der Waals surface area contributed by atoms with Gasteiger partial charge >= 0.3 is 5.97 Å². The van der Waals surface area contributed by atoms with Crippen molar-refractivity contribution in [2.24, 2.45) is 5.10 Å². The predicted octanol–water partition coefficient (Wildman–Crippen LogP) is 3.25. The number of ether oxygens (including phenoxy) is 4. The highest BCUT2D eigenvalue weighted by Crippen LogP contribution is 2.36. The number of carbonyl (C=O) groups is 2. The lowest BCUT2D eigenvalue weighted by atomic mass is 9.95. The number of rotatable bonds is 11. The Hall–Kier alpha value is -4.15. The van der Waals surface area contributed by atoms with Crippen LogP contribution in [0.1, 0.15) is 31.0 Å². The molecule has 0 fully saturated rings. The van der Waals surface area contributed by atoms with Gasteiger partial charge in [-0.15, -0.1) is 0 Å². The molecule has 0 bridgehead atoms. The Balaban J connectivity index is 1.69. The Kier molecular flexibility index (Phi) is 10.7. The van der Waals surface area contributed by atoms with E-state index in [0.29, 0.717) is 49.2 Å². The van der Waals surface area contributed by atoms with E-state index < -0.39 is 17.9 Å². The Bertz CT molecular complexity index is 1360. The number of hydrazone groups is 1. The molecule has 39 heavy (non-hydrogen) atoms. The molecule has 0 saturated heterocycles. The van der Waals surface area contributed by atoms with Crippen LogP contribution >= 0.6 is 28.1 Å². The van der Waals surface area contributed by atoms with E-state index in [0.717, 1.165) is 0 Å². The number of halogens is 1. The topological polar surface area (TPSA) is 143 Å². The second kappa shape index (κ2) is 14.1. The van der Waals surface area contributed by atoms with Crippen LogP contribution in [0.15, 0.2) is 57.2 Å². The van der Waals surface area contributed by atoms with Crippen molar-refractivity contribution in [1.29, 1.82) is 5.26 Å². The highest BCUT2D eigenvalue weighted by molar-refractivity contribution is 9.10. The first-order valence-corrected chi connectivity index (χ1v) is 12.8. The number of methoxy groups -OCH3 is 1. The third kappa shape index (κ3) is 7.68. The van der Waals surface area contributed by atoms with Crippen molar-refractivity contribution in [1.82, 2.24) is 16.1 Å². The average molecular weight is 616 g/mol. The summed E-state index contributed by atoms with van der Waals surface area (Å²) in [6.07, 6.45) is 1.42. The fourth-order valence-electron chi connectivity index (χ4n) is 3.67. The van der Waals surface area contributed by atoms with Crippen LogP contribution in [0.2, 0.25) is 0 Å². The third-order valence-corrected chi connectivity index (χ3v) is 6.10. The van der Waals surface area contributed by atoms with Crippen LogP contribution in [-0.4, -0.2) is 50.1 Å². The van der Waals surface area contributed by atoms with Gasteiger partial charge in [0, 0.05) is 11.3 Å². The first-order valence-electron chi connectivity index (χ1n) is 11.6. The molecule has 0 radical (unpaired) electrons. The van der Waals surface area contributed by atoms with Gasteiger partial charge in [-0.25, -0.2) is 10.2 Å². The summed E-state index contributed by atoms with van der Waals surface area (Å²) in [4.78, 5) is 25.1. The van der Waals surface area contributed by atoms with E-state index in [4.69, 9.17) is 36.4 Å². The monoisotopic (exact) mass is 615 g/mol. The van der Waals surface area contributed by atoms with E-state index in [2.05, 4.69) is 37.1 Å². The molecule has 11 nitrogen and oxygen atoms in total. The van der Waals surface area contributed by atoms with Gasteiger partial charge in [-0.3, -0.25) is 4.79 Å². The molecule has 1 heterocycles. The molecule has 1 amide bonds. The minimum Gasteiger partial charge on any atom is -0.493 e. The van der Waals surface area contributed by atoms with Gasteiger partial charge in [-0.05, 0) is 65.8 Å². The number of allylic oxidation sites excluding steroid dienone is 1. The lowest BCUT2D eigenvalue weighted by Gasteiger charge is -2.30. The minimum absolute atomic E-state index is 0.137. The number of para-hydroxylation sites is 1. The molecule has 3 rings (SSSR count). The highest BCUT2D eigenvalue weighted by atomic mass is 79.9. The van der Waals surface area contributed by atoms with Gasteiger partial charge in [-0.1, -0.05) is 18.2 Å². The van der Waals surface area contributed by atoms with Crippen molar-refractivity contribution >= 4 is 51.4 Å². The number of hydrogen-bond acceptors (Lipinski definition) is 9. The molecule has 2 aromatic carbocycles. The zero-order chi connectivity index (χ0) is 28.4. The van der Waals surface area contributed by atoms with Crippen LogP contribution in [0.4, 0.5) is 0 Å². The van der Waals surface area contributed by atoms with Crippen molar-refractivity contribution in [3.8, 4) is 23.3 Å². The van der Waals surface area contributed by atoms with Crippen molar-refractivity contribution in [2.45, 2.75) is 19.9 Å². The van der Waals surface area contributed by atoms with E-state index in [1.807, 2.05) is 6.07 Å². The molecule has 1 aliphatic heterocycles. The van der Waals surface area contributed by atoms with Crippen LogP contribution in [0.5, 0.6) is 17.2 Å². The number of benzene rings is 2. The van der Waals surface area contributed by atoms with Gasteiger partial charge < -0.3 is 29.6 Å². The van der Waals surface area contributed by atoms with E-state index in [9.17, 15) is 9.59 Å². The van der Waals surface area contributed by atoms with Crippen molar-refractivity contribution in [2.75, 3.05) is 26.9 Å². The smallest absolute Gasteiger partial charge is 0.338 e. The Morgan fingerprint density at radius 1 is 1.26 bits per heavy atom. The zero-order valence-electron chi connectivity index (χ0n) is 21.4. The van der Waals surface area contributed by atoms with Crippen LogP contribution in [0.3, 0.4) is 0 Å². The van der Waals surface area contributed by atoms with Gasteiger partial charge in [0.1, 0.15) is 11.8 Å². The number of nitrogens with zero attached hydrogens (tertiary/aromatic N) is 2. The largest absolute Gasteiger partial charge is 0.493 e. The van der Waals surface area contributed by atoms with Gasteiger partial charge in [0.05, 0.1) is 36.0 Å². The molecule has 0 aromatic heterocycles. The number of carbonyl (C=O) groups excluding carboxylic acids is 2. The number of thiocarbonyl (C=S) groups is 1. The Morgan fingerprint density at radius 3 is 2.74 bits per heavy atom. The molecule has 3 N–H and O–H groups in total. The maximum atomic E-state index is 12.7. The molecule has 2 aromatic rings. The number of nitriles is 1. The van der Waals surface area contributed by atoms with Crippen LogP contribution in [-0.2, 0) is 14.3 Å². The third-order valence-electron chi connectivity index (χ3n) is 5.29. The van der Waals surface area contributed by atoms with Crippen molar-refractivity contribution in [3.63, 3.8) is 0 Å². The fraction of sp³-hybridized carbons (Fsp3) is 0.269. The van der Waals surface area contributed by atoms with Crippen LogP contribution in [0, 0.1) is 11.3 Å². The van der Waals surface area contributed by atoms with E-state index in [-0.39, 0.29) is 19.8 Å². The average Bonchev–Trinajstić information content (AvgIpc) is 2.90. The zero-order valence-corrected chi connectivity index (χ0v) is 23.8. The molecule has 0 unspecified atom stereocenters. The van der Waals surface area contributed by atoms with Gasteiger partial charge in [0.25, 0.3) is 5.91 Å². The van der Waals surface area contributed by atoms with Crippen LogP contribution in [0.25, 0.3) is 0 Å². The molecular weight excluding hydrogens is 590 g/mol. The van der Waals surface area contributed by atoms with Gasteiger partial charge in [0.2, 0.25) is 0 Å². The van der Waals surface area contributed by atoms with E-state index in [1.165, 1.54) is 13.3 Å². The summed E-state index contributed by atoms with van der Waals surface area (Å²) in [5.74, 6) is 0.164. The molecule has 204 valence electrons. The molecule has 0 spiro atoms. The van der Waals surface area contributed by atoms with Gasteiger partial charge in [0.15, 0.2) is 29.8 Å². The lowest BCUT2D eigenvalue weighted by Crippen LogP contribution is -2.45. The highest BCUT2D eigenvalue weighted by Gasteiger charge is 2.32. The van der Waals surface area contributed by atoms with Crippen molar-refractivity contribution < 1.29 is 28.5 Å². The normalized spacial score (nSPS) is 14.6. The first-order chi connectivity index (χ1) is 18.8. The molecule has 1 atom stereocenters. The summed E-state index contributed by atoms with van der Waals surface area (Å²) < 4.78 is 22.3. The van der Waals surface area contributed by atoms with Gasteiger partial charge in [-0.2, -0.15) is 10.4 Å². The lowest BCUT2D eigenvalue weighted by molar-refractivity contribution is -0.139. The number of esters is 1. The summed E-state index contributed by atoms with van der Waals surface area (Å²) in [5.41, 5.74) is 4.55. The van der Waals surface area contributed by atoms with E-state index in [1.54, 1.807) is 50.2 Å². The Morgan fingerprint density at radius 2 is 2.03 bits per heavy atom. The molecule has 0 aliphatic carbocycles. The fourth-order valence-corrected chi connectivity index (χ4v) is 4.52. The second-order valence-electron chi connectivity index (χ2n) is 7.89. The van der Waals surface area contributed by atoms with Crippen LogP contribution < -0.4 is 30.3 Å². The SMILES string of the molecule is CCOC(=O)C1=C(C)NC(=S)N[C@@H]1c1ccccc1OCC(=O)NN=Cc1cc(Br)c(OCC#N)c(OC)c1. The number of nitrogens with one attached hydrogen (secondary N) is 3. The molecule has 13 heteroatoms. The number of amides is 1. The quantitative estimate of drug-likeness (QED) is 0.149. The molecule has 0 saturated carbocycles. The summed E-state index contributed by atoms with van der Waals surface area (Å²) in [7, 11) is 1.47. The summed E-state index contributed by atoms with van der Waals surface area (Å²) in [6, 6.07) is 11.6. The molecule has 1 aliphatic rings. The summed E-state index contributed by atoms with van der Waals surface area (Å²) >= 11 is 8.67. The molecular formula is C26H26BrN5O6S. The first kappa shape index (κ1) is 29.4. The maximum Gasteiger partial charge on any atom is 0.338 e. The summed E-state index contributed by atoms with van der Waals surface area (Å²) in [5, 5.41) is 19.1. The maximum absolute atomic E-state index is 12.7. The Labute approximate surface area is 239 Å². The predicted molar refractivity (Wildman–Crippen MR) is 150 cm³/mol.